The minimum absolute atomic E-state index is 0.0714. The Hall–Kier alpha value is -3.86. The second-order valence-corrected chi connectivity index (χ2v) is 10.0. The molecule has 2 aliphatic rings. The predicted octanol–water partition coefficient (Wildman–Crippen LogP) is 4.58. The van der Waals surface area contributed by atoms with Crippen molar-refractivity contribution in [2.45, 2.75) is 32.2 Å². The summed E-state index contributed by atoms with van der Waals surface area (Å²) in [6.45, 7) is 3.38. The molecule has 2 aromatic carbocycles. The molecule has 6 rings (SSSR count). The number of carbonyl (C=O) groups is 1. The Labute approximate surface area is 228 Å². The summed E-state index contributed by atoms with van der Waals surface area (Å²) in [6, 6.07) is 9.28. The number of benzene rings is 2. The van der Waals surface area contributed by atoms with Gasteiger partial charge in [-0.25, -0.2) is 19.2 Å². The molecule has 200 valence electrons. The van der Waals surface area contributed by atoms with E-state index in [0.29, 0.717) is 36.9 Å². The molecule has 0 aliphatic carbocycles. The number of fused-ring (bicyclic) bond motifs is 1. The van der Waals surface area contributed by atoms with Crippen molar-refractivity contribution in [2.75, 3.05) is 19.7 Å². The molecule has 4 aromatic rings. The van der Waals surface area contributed by atoms with E-state index in [9.17, 15) is 14.3 Å². The quantitative estimate of drug-likeness (QED) is 0.323. The van der Waals surface area contributed by atoms with Gasteiger partial charge in [0.1, 0.15) is 12.4 Å². The van der Waals surface area contributed by atoms with E-state index in [1.54, 1.807) is 36.7 Å². The Morgan fingerprint density at radius 1 is 1.21 bits per heavy atom. The van der Waals surface area contributed by atoms with Gasteiger partial charge in [0.2, 0.25) is 0 Å². The Kier molecular flexibility index (Phi) is 6.99. The van der Waals surface area contributed by atoms with Gasteiger partial charge in [-0.3, -0.25) is 9.88 Å². The van der Waals surface area contributed by atoms with E-state index >= 15 is 0 Å². The summed E-state index contributed by atoms with van der Waals surface area (Å²) in [4.78, 5) is 27.6. The Morgan fingerprint density at radius 2 is 2.08 bits per heavy atom. The first-order chi connectivity index (χ1) is 18.9. The zero-order chi connectivity index (χ0) is 26.9. The van der Waals surface area contributed by atoms with E-state index in [1.807, 2.05) is 0 Å². The van der Waals surface area contributed by atoms with Crippen molar-refractivity contribution in [1.29, 1.82) is 0 Å². The van der Waals surface area contributed by atoms with E-state index in [1.165, 1.54) is 12.1 Å². The molecule has 1 fully saturated rings. The van der Waals surface area contributed by atoms with Crippen molar-refractivity contribution >= 4 is 34.2 Å². The highest BCUT2D eigenvalue weighted by Crippen LogP contribution is 2.26. The van der Waals surface area contributed by atoms with Gasteiger partial charge in [-0.2, -0.15) is 0 Å². The van der Waals surface area contributed by atoms with Crippen LogP contribution in [0.1, 0.15) is 34.0 Å². The fraction of sp³-hybridized carbons (Fsp3) is 0.286. The lowest BCUT2D eigenvalue weighted by Crippen LogP contribution is -2.32. The van der Waals surface area contributed by atoms with Crippen molar-refractivity contribution in [3.8, 4) is 5.75 Å². The van der Waals surface area contributed by atoms with Gasteiger partial charge < -0.3 is 19.1 Å². The number of rotatable bonds is 9. The number of carboxylic acid groups (broad SMARTS) is 1. The maximum absolute atomic E-state index is 14.0. The Balaban J connectivity index is 1.16. The molecule has 1 saturated heterocycles. The highest BCUT2D eigenvalue weighted by molar-refractivity contribution is 6.30. The first-order valence-electron chi connectivity index (χ1n) is 12.6. The van der Waals surface area contributed by atoms with Crippen LogP contribution < -0.4 is 4.74 Å². The van der Waals surface area contributed by atoms with Crippen molar-refractivity contribution in [3.63, 3.8) is 0 Å². The smallest absolute Gasteiger partial charge is 0.335 e. The summed E-state index contributed by atoms with van der Waals surface area (Å²) in [6.07, 6.45) is 6.48. The van der Waals surface area contributed by atoms with Gasteiger partial charge in [0.25, 0.3) is 0 Å². The van der Waals surface area contributed by atoms with Gasteiger partial charge in [0.15, 0.2) is 11.6 Å². The third kappa shape index (κ3) is 5.49. The van der Waals surface area contributed by atoms with Gasteiger partial charge in [-0.15, -0.1) is 0 Å². The third-order valence-corrected chi connectivity index (χ3v) is 7.13. The lowest BCUT2D eigenvalue weighted by atomic mass is 10.1. The van der Waals surface area contributed by atoms with E-state index in [-0.39, 0.29) is 24.0 Å². The summed E-state index contributed by atoms with van der Waals surface area (Å²) >= 11 is 5.81. The van der Waals surface area contributed by atoms with Crippen LogP contribution >= 0.6 is 11.6 Å². The third-order valence-electron chi connectivity index (χ3n) is 6.89. The molecule has 1 atom stereocenters. The highest BCUT2D eigenvalue weighted by atomic mass is 35.5. The van der Waals surface area contributed by atoms with Gasteiger partial charge >= 0.3 is 5.97 Å². The number of nitrogens with zero attached hydrogens (tertiary/aromatic N) is 5. The predicted molar refractivity (Wildman–Crippen MR) is 142 cm³/mol. The van der Waals surface area contributed by atoms with E-state index in [4.69, 9.17) is 26.1 Å². The summed E-state index contributed by atoms with van der Waals surface area (Å²) in [5.74, 6) is -0.541. The van der Waals surface area contributed by atoms with Crippen LogP contribution in [0.15, 0.2) is 54.9 Å². The molecule has 11 heteroatoms. The zero-order valence-electron chi connectivity index (χ0n) is 20.9. The largest absolute Gasteiger partial charge is 0.484 e. The fourth-order valence-electron chi connectivity index (χ4n) is 4.75. The van der Waals surface area contributed by atoms with Crippen LogP contribution in [0.25, 0.3) is 16.6 Å². The monoisotopic (exact) mass is 549 g/mol. The Bertz CT molecular complexity index is 1590. The van der Waals surface area contributed by atoms with Gasteiger partial charge in [0.05, 0.1) is 59.6 Å². The summed E-state index contributed by atoms with van der Waals surface area (Å²) in [5.41, 5.74) is 4.13. The van der Waals surface area contributed by atoms with Crippen LogP contribution in [0.3, 0.4) is 0 Å². The van der Waals surface area contributed by atoms with Crippen molar-refractivity contribution in [3.05, 3.63) is 88.5 Å². The van der Waals surface area contributed by atoms with Crippen LogP contribution in [0, 0.1) is 5.82 Å². The topological polar surface area (TPSA) is 103 Å². The summed E-state index contributed by atoms with van der Waals surface area (Å²) in [5, 5.41) is 9.77. The number of hydrogen-bond acceptors (Lipinski definition) is 7. The molecular formula is C28H25ClFN5O4. The maximum atomic E-state index is 14.0. The second-order valence-electron chi connectivity index (χ2n) is 9.59. The maximum Gasteiger partial charge on any atom is 0.335 e. The normalized spacial score (nSPS) is 17.3. The molecule has 39 heavy (non-hydrogen) atoms. The Morgan fingerprint density at radius 3 is 2.85 bits per heavy atom. The molecule has 0 saturated carbocycles. The SMILES string of the molecule is O=C(O)c1ccc2nc(CN3CC=C(c4cncc(COc5ccc(Cl)cc5F)n4)C3)n(C[C@@H]3CCO3)c2c1. The van der Waals surface area contributed by atoms with Crippen molar-refractivity contribution < 1.29 is 23.8 Å². The number of hydrogen-bond donors (Lipinski definition) is 1. The number of imidazole rings is 1. The molecule has 0 spiro atoms. The minimum Gasteiger partial charge on any atom is -0.484 e. The van der Waals surface area contributed by atoms with Gasteiger partial charge in [0, 0.05) is 24.7 Å². The highest BCUT2D eigenvalue weighted by Gasteiger charge is 2.25. The van der Waals surface area contributed by atoms with Crippen molar-refractivity contribution in [2.24, 2.45) is 0 Å². The molecule has 0 radical (unpaired) electrons. The van der Waals surface area contributed by atoms with E-state index < -0.39 is 11.8 Å². The lowest BCUT2D eigenvalue weighted by molar-refractivity contribution is -0.0591. The number of ether oxygens (including phenoxy) is 2. The van der Waals surface area contributed by atoms with E-state index in [0.717, 1.165) is 41.2 Å². The molecule has 9 nitrogen and oxygen atoms in total. The summed E-state index contributed by atoms with van der Waals surface area (Å²) in [7, 11) is 0. The first kappa shape index (κ1) is 25.4. The number of carboxylic acids is 1. The zero-order valence-corrected chi connectivity index (χ0v) is 21.6. The van der Waals surface area contributed by atoms with Crippen molar-refractivity contribution in [1.82, 2.24) is 24.4 Å². The molecule has 4 heterocycles. The number of aromatic nitrogens is 4. The average molecular weight is 550 g/mol. The van der Waals surface area contributed by atoms with Crippen LogP contribution in [0.2, 0.25) is 5.02 Å². The lowest BCUT2D eigenvalue weighted by Gasteiger charge is -2.28. The van der Waals surface area contributed by atoms with Crippen LogP contribution in [0.4, 0.5) is 4.39 Å². The van der Waals surface area contributed by atoms with Gasteiger partial charge in [-0.05, 0) is 48.4 Å². The van der Waals surface area contributed by atoms with Crippen LogP contribution in [-0.4, -0.2) is 61.3 Å². The standard InChI is InChI=1S/C28H25ClFN5O4/c29-19-2-4-26(22(30)10-19)39-16-20-11-31-12-24(32-20)18-5-7-34(13-18)15-27-33-23-3-1-17(28(36)37)9-25(23)35(27)14-21-6-8-38-21/h1-5,9-12,21H,6-8,13-16H2,(H,36,37)/t21-/m0/s1. The molecular weight excluding hydrogens is 525 g/mol. The molecule has 1 N–H and O–H groups in total. The van der Waals surface area contributed by atoms with Crippen LogP contribution in [-0.2, 0) is 24.4 Å². The molecule has 2 aliphatic heterocycles. The van der Waals surface area contributed by atoms with E-state index in [2.05, 4.69) is 25.5 Å². The molecule has 0 bridgehead atoms. The first-order valence-corrected chi connectivity index (χ1v) is 13.0. The molecule has 0 amide bonds. The number of halogens is 2. The average Bonchev–Trinajstić information content (AvgIpc) is 3.50. The summed E-state index contributed by atoms with van der Waals surface area (Å²) < 4.78 is 27.4. The molecule has 0 unspecified atom stereocenters. The molecule has 2 aromatic heterocycles. The van der Waals surface area contributed by atoms with Crippen LogP contribution in [0.5, 0.6) is 5.75 Å². The van der Waals surface area contributed by atoms with Gasteiger partial charge in [-0.1, -0.05) is 17.7 Å². The minimum atomic E-state index is -0.966. The number of aromatic carboxylic acids is 1. The fourth-order valence-corrected chi connectivity index (χ4v) is 4.91. The second kappa shape index (κ2) is 10.7.